The second kappa shape index (κ2) is 6.38. The molecule has 0 radical (unpaired) electrons. The molecule has 19 heavy (non-hydrogen) atoms. The lowest BCUT2D eigenvalue weighted by Gasteiger charge is -2.08. The fraction of sp³-hybridized carbons (Fsp3) is 0.263. The van der Waals surface area contributed by atoms with E-state index in [1.807, 2.05) is 6.08 Å². The molecule has 2 rings (SSSR count). The Morgan fingerprint density at radius 1 is 0.842 bits per heavy atom. The van der Waals surface area contributed by atoms with Crippen molar-refractivity contribution in [1.82, 2.24) is 0 Å². The third-order valence-corrected chi connectivity index (χ3v) is 4.04. The lowest BCUT2D eigenvalue weighted by atomic mass is 9.97. The van der Waals surface area contributed by atoms with Gasteiger partial charge in [0.05, 0.1) is 0 Å². The van der Waals surface area contributed by atoms with Crippen LogP contribution in [-0.4, -0.2) is 0 Å². The van der Waals surface area contributed by atoms with Gasteiger partial charge in [0, 0.05) is 0 Å². The summed E-state index contributed by atoms with van der Waals surface area (Å²) in [5.41, 5.74) is 2.42. The van der Waals surface area contributed by atoms with E-state index in [1.54, 1.807) is 0 Å². The third kappa shape index (κ3) is 3.35. The summed E-state index contributed by atoms with van der Waals surface area (Å²) in [6, 6.07) is 8.47. The largest absolute Gasteiger partial charge is 0.103 e. The Bertz CT molecular complexity index is 459. The van der Waals surface area contributed by atoms with Gasteiger partial charge in [0.15, 0.2) is 0 Å². The highest BCUT2D eigenvalue weighted by molar-refractivity contribution is 5.54. The average molecular weight is 250 g/mol. The first-order valence-electron chi connectivity index (χ1n) is 6.92. The zero-order valence-corrected chi connectivity index (χ0v) is 11.5. The highest BCUT2D eigenvalue weighted by Gasteiger charge is 2.28. The molecular weight excluding hydrogens is 228 g/mol. The van der Waals surface area contributed by atoms with E-state index < -0.39 is 0 Å². The van der Waals surface area contributed by atoms with Gasteiger partial charge in [-0.05, 0) is 41.7 Å². The molecule has 0 aromatic heterocycles. The number of benzene rings is 1. The van der Waals surface area contributed by atoms with Crippen LogP contribution in [0.3, 0.4) is 0 Å². The molecule has 1 aliphatic carbocycles. The van der Waals surface area contributed by atoms with E-state index in [2.05, 4.69) is 68.3 Å². The highest BCUT2D eigenvalue weighted by atomic mass is 14.3. The average Bonchev–Trinajstić information content (AvgIpc) is 2.88. The number of hydrogen-bond donors (Lipinski definition) is 0. The fourth-order valence-electron chi connectivity index (χ4n) is 2.83. The van der Waals surface area contributed by atoms with Crippen LogP contribution < -0.4 is 0 Å². The van der Waals surface area contributed by atoms with Crippen molar-refractivity contribution in [3.05, 3.63) is 73.4 Å². The third-order valence-electron chi connectivity index (χ3n) is 4.04. The molecule has 0 aliphatic heterocycles. The molecular formula is C19H22. The number of rotatable bonds is 5. The van der Waals surface area contributed by atoms with Crippen LogP contribution in [0.5, 0.6) is 0 Å². The van der Waals surface area contributed by atoms with Crippen LogP contribution in [-0.2, 0) is 0 Å². The summed E-state index contributed by atoms with van der Waals surface area (Å²) in [5.74, 6) is 1.83. The molecule has 2 atom stereocenters. The van der Waals surface area contributed by atoms with Gasteiger partial charge in [-0.3, -0.25) is 0 Å². The monoisotopic (exact) mass is 250 g/mol. The molecule has 0 heteroatoms. The Labute approximate surface area is 116 Å². The van der Waals surface area contributed by atoms with E-state index in [1.165, 1.54) is 18.4 Å². The van der Waals surface area contributed by atoms with Gasteiger partial charge >= 0.3 is 0 Å². The maximum absolute atomic E-state index is 3.93. The molecule has 1 aromatic rings. The first-order valence-corrected chi connectivity index (χ1v) is 6.92. The molecule has 0 N–H and O–H groups in total. The maximum Gasteiger partial charge on any atom is -0.0167 e. The van der Waals surface area contributed by atoms with Gasteiger partial charge in [-0.25, -0.2) is 0 Å². The standard InChI is InChI=1S/C19H22/c1-4-15-7-9-16(10-8-15)11-12-17-13-18(5-2)19(6-3)14-17/h4-12,17-19H,1-3,13-14H2. The molecule has 98 valence electrons. The summed E-state index contributed by atoms with van der Waals surface area (Å²) in [5, 5.41) is 0. The van der Waals surface area contributed by atoms with Crippen molar-refractivity contribution in [3.8, 4) is 0 Å². The molecule has 2 unspecified atom stereocenters. The molecule has 1 fully saturated rings. The Hall–Kier alpha value is -1.82. The quantitative estimate of drug-likeness (QED) is 0.617. The van der Waals surface area contributed by atoms with Crippen molar-refractivity contribution in [2.24, 2.45) is 17.8 Å². The maximum atomic E-state index is 3.93. The lowest BCUT2D eigenvalue weighted by molar-refractivity contribution is 0.560. The van der Waals surface area contributed by atoms with Crippen LogP contribution in [0.4, 0.5) is 0 Å². The fourth-order valence-corrected chi connectivity index (χ4v) is 2.83. The first kappa shape index (κ1) is 13.6. The van der Waals surface area contributed by atoms with Gasteiger partial charge in [0.1, 0.15) is 0 Å². The van der Waals surface area contributed by atoms with Gasteiger partial charge < -0.3 is 0 Å². The van der Waals surface area contributed by atoms with Crippen molar-refractivity contribution in [2.45, 2.75) is 12.8 Å². The minimum absolute atomic E-state index is 0.593. The summed E-state index contributed by atoms with van der Waals surface area (Å²) in [6.07, 6.45) is 13.0. The van der Waals surface area contributed by atoms with Gasteiger partial charge in [0.25, 0.3) is 0 Å². The predicted octanol–water partition coefficient (Wildman–Crippen LogP) is 5.36. The van der Waals surface area contributed by atoms with Crippen LogP contribution in [0.15, 0.2) is 62.2 Å². The minimum atomic E-state index is 0.593. The van der Waals surface area contributed by atoms with Crippen molar-refractivity contribution in [1.29, 1.82) is 0 Å². The van der Waals surface area contributed by atoms with E-state index >= 15 is 0 Å². The Balaban J connectivity index is 2.00. The van der Waals surface area contributed by atoms with Gasteiger partial charge in [-0.15, -0.1) is 13.2 Å². The number of allylic oxidation sites excluding steroid dienone is 3. The van der Waals surface area contributed by atoms with Gasteiger partial charge in [0.2, 0.25) is 0 Å². The van der Waals surface area contributed by atoms with Crippen molar-refractivity contribution >= 4 is 12.2 Å². The molecule has 0 bridgehead atoms. The Kier molecular flexibility index (Phi) is 4.57. The van der Waals surface area contributed by atoms with E-state index in [0.29, 0.717) is 17.8 Å². The predicted molar refractivity (Wildman–Crippen MR) is 85.7 cm³/mol. The smallest absolute Gasteiger partial charge is 0.0167 e. The van der Waals surface area contributed by atoms with E-state index in [0.717, 1.165) is 5.56 Å². The normalized spacial score (nSPS) is 26.4. The molecule has 0 amide bonds. The van der Waals surface area contributed by atoms with Crippen molar-refractivity contribution in [2.75, 3.05) is 0 Å². The molecule has 1 saturated carbocycles. The van der Waals surface area contributed by atoms with Crippen LogP contribution in [0, 0.1) is 17.8 Å². The summed E-state index contributed by atoms with van der Waals surface area (Å²) >= 11 is 0. The SMILES string of the molecule is C=Cc1ccc(C=CC2CC(C=C)C(C=C)C2)cc1. The molecule has 0 heterocycles. The summed E-state index contributed by atoms with van der Waals surface area (Å²) in [7, 11) is 0. The first-order chi connectivity index (χ1) is 9.26. The van der Waals surface area contributed by atoms with E-state index in [-0.39, 0.29) is 0 Å². The zero-order valence-electron chi connectivity index (χ0n) is 11.5. The highest BCUT2D eigenvalue weighted by Crippen LogP contribution is 2.38. The van der Waals surface area contributed by atoms with Gasteiger partial charge in [-0.2, -0.15) is 0 Å². The molecule has 0 saturated heterocycles. The zero-order chi connectivity index (χ0) is 13.7. The second-order valence-corrected chi connectivity index (χ2v) is 5.26. The van der Waals surface area contributed by atoms with Crippen molar-refractivity contribution in [3.63, 3.8) is 0 Å². The van der Waals surface area contributed by atoms with Crippen LogP contribution in [0.25, 0.3) is 12.2 Å². The van der Waals surface area contributed by atoms with E-state index in [4.69, 9.17) is 0 Å². The van der Waals surface area contributed by atoms with Crippen LogP contribution in [0.2, 0.25) is 0 Å². The second-order valence-electron chi connectivity index (χ2n) is 5.26. The van der Waals surface area contributed by atoms with Crippen molar-refractivity contribution < 1.29 is 0 Å². The Morgan fingerprint density at radius 2 is 1.37 bits per heavy atom. The Morgan fingerprint density at radius 3 is 1.84 bits per heavy atom. The summed E-state index contributed by atoms with van der Waals surface area (Å²) < 4.78 is 0. The summed E-state index contributed by atoms with van der Waals surface area (Å²) in [4.78, 5) is 0. The van der Waals surface area contributed by atoms with Crippen LogP contribution >= 0.6 is 0 Å². The molecule has 1 aliphatic rings. The summed E-state index contributed by atoms with van der Waals surface area (Å²) in [6.45, 7) is 11.6. The molecule has 1 aromatic carbocycles. The minimum Gasteiger partial charge on any atom is -0.103 e. The lowest BCUT2D eigenvalue weighted by Crippen LogP contribution is -1.99. The van der Waals surface area contributed by atoms with Gasteiger partial charge in [-0.1, -0.05) is 61.2 Å². The number of hydrogen-bond acceptors (Lipinski definition) is 0. The van der Waals surface area contributed by atoms with Crippen LogP contribution in [0.1, 0.15) is 24.0 Å². The molecule has 0 nitrogen and oxygen atoms in total. The molecule has 0 spiro atoms. The van der Waals surface area contributed by atoms with E-state index in [9.17, 15) is 0 Å². The topological polar surface area (TPSA) is 0 Å².